The molecule has 1 rings (SSSR count). The summed E-state index contributed by atoms with van der Waals surface area (Å²) in [4.78, 5) is 10.4. The number of rotatable bonds is 4. The average Bonchev–Trinajstić information content (AvgIpc) is 2.13. The quantitative estimate of drug-likeness (QED) is 0.856. The molecule has 1 aromatic carbocycles. The number of carboxylic acid groups (broad SMARTS) is 1. The molecule has 8 heteroatoms. The molecule has 1 atom stereocenters. The van der Waals surface area contributed by atoms with Crippen molar-refractivity contribution in [1.29, 1.82) is 0 Å². The second-order valence-corrected chi connectivity index (χ2v) is 6.52. The molecule has 0 aliphatic rings. The van der Waals surface area contributed by atoms with Crippen LogP contribution in [0.4, 0.5) is 4.39 Å². The number of hydrogen-bond donors (Lipinski definition) is 2. The van der Waals surface area contributed by atoms with Gasteiger partial charge in [-0.25, -0.2) is 12.8 Å². The van der Waals surface area contributed by atoms with E-state index in [4.69, 9.17) is 10.8 Å². The molecule has 1 aromatic rings. The Morgan fingerprint density at radius 3 is 2.44 bits per heavy atom. The molecule has 0 bridgehead atoms. The van der Waals surface area contributed by atoms with Gasteiger partial charge in [-0.2, -0.15) is 0 Å². The number of carbonyl (C=O) groups is 1. The summed E-state index contributed by atoms with van der Waals surface area (Å²) in [6, 6.07) is 2.14. The van der Waals surface area contributed by atoms with Gasteiger partial charge in [0, 0.05) is 17.3 Å². The highest BCUT2D eigenvalue weighted by Crippen LogP contribution is 2.29. The molecule has 5 nitrogen and oxygen atoms in total. The van der Waals surface area contributed by atoms with Gasteiger partial charge in [0.15, 0.2) is 9.84 Å². The summed E-state index contributed by atoms with van der Waals surface area (Å²) in [6.45, 7) is -0.209. The maximum Gasteiger partial charge on any atom is 0.312 e. The Labute approximate surface area is 112 Å². The molecule has 100 valence electrons. The minimum Gasteiger partial charge on any atom is -0.481 e. The number of carboxylic acids is 1. The van der Waals surface area contributed by atoms with Crippen LogP contribution in [0.15, 0.2) is 21.5 Å². The van der Waals surface area contributed by atoms with E-state index in [9.17, 15) is 17.6 Å². The predicted octanol–water partition coefficient (Wildman–Crippen LogP) is 1.12. The lowest BCUT2D eigenvalue weighted by atomic mass is 9.99. The molecule has 0 radical (unpaired) electrons. The fraction of sp³-hybridized carbons (Fsp3) is 0.300. The fourth-order valence-corrected chi connectivity index (χ4v) is 3.68. The molecule has 1 unspecified atom stereocenters. The smallest absolute Gasteiger partial charge is 0.312 e. The van der Waals surface area contributed by atoms with Gasteiger partial charge in [0.25, 0.3) is 0 Å². The van der Waals surface area contributed by atoms with E-state index < -0.39 is 32.4 Å². The van der Waals surface area contributed by atoms with E-state index in [1.54, 1.807) is 0 Å². The third kappa shape index (κ3) is 3.06. The summed E-state index contributed by atoms with van der Waals surface area (Å²) < 4.78 is 36.4. The summed E-state index contributed by atoms with van der Waals surface area (Å²) in [5, 5.41) is 8.90. The van der Waals surface area contributed by atoms with Crippen molar-refractivity contribution in [2.45, 2.75) is 10.8 Å². The molecule has 0 aromatic heterocycles. The Morgan fingerprint density at radius 2 is 2.11 bits per heavy atom. The number of hydrogen-bond acceptors (Lipinski definition) is 4. The zero-order chi connectivity index (χ0) is 14.1. The van der Waals surface area contributed by atoms with E-state index in [2.05, 4.69) is 15.9 Å². The Morgan fingerprint density at radius 1 is 1.56 bits per heavy atom. The number of sulfone groups is 1. The maximum atomic E-state index is 13.7. The van der Waals surface area contributed by atoms with Crippen molar-refractivity contribution in [1.82, 2.24) is 0 Å². The van der Waals surface area contributed by atoms with Crippen molar-refractivity contribution >= 4 is 31.7 Å². The van der Waals surface area contributed by atoms with E-state index in [1.165, 1.54) is 6.07 Å². The van der Waals surface area contributed by atoms with Crippen molar-refractivity contribution < 1.29 is 22.7 Å². The monoisotopic (exact) mass is 339 g/mol. The molecular formula is C10H11BrFNO4S. The summed E-state index contributed by atoms with van der Waals surface area (Å²) in [7, 11) is -3.73. The second kappa shape index (κ2) is 5.33. The van der Waals surface area contributed by atoms with E-state index in [0.717, 1.165) is 12.3 Å². The van der Waals surface area contributed by atoms with Crippen LogP contribution in [0.1, 0.15) is 11.5 Å². The van der Waals surface area contributed by atoms with Gasteiger partial charge >= 0.3 is 5.97 Å². The highest BCUT2D eigenvalue weighted by molar-refractivity contribution is 9.10. The topological polar surface area (TPSA) is 97.5 Å². The lowest BCUT2D eigenvalue weighted by molar-refractivity contribution is -0.138. The number of halogens is 2. The standard InChI is InChI=1S/C10H11BrFNO4S/c1-18(16,17)9-7(11)2-5(3-8(9)12)6(4-13)10(14)15/h2-3,6H,4,13H2,1H3,(H,14,15). The number of benzene rings is 1. The molecule has 0 spiro atoms. The lowest BCUT2D eigenvalue weighted by Gasteiger charge is -2.12. The van der Waals surface area contributed by atoms with Gasteiger partial charge in [0.05, 0.1) is 5.92 Å². The maximum absolute atomic E-state index is 13.7. The van der Waals surface area contributed by atoms with Crippen molar-refractivity contribution in [3.05, 3.63) is 28.0 Å². The SMILES string of the molecule is CS(=O)(=O)c1c(F)cc(C(CN)C(=O)O)cc1Br. The van der Waals surface area contributed by atoms with Gasteiger partial charge in [-0.1, -0.05) is 0 Å². The summed E-state index contributed by atoms with van der Waals surface area (Å²) in [5.74, 6) is -3.28. The highest BCUT2D eigenvalue weighted by Gasteiger charge is 2.24. The lowest BCUT2D eigenvalue weighted by Crippen LogP contribution is -2.21. The zero-order valence-electron chi connectivity index (χ0n) is 9.35. The Hall–Kier alpha value is -0.990. The van der Waals surface area contributed by atoms with Gasteiger partial charge in [-0.05, 0) is 33.6 Å². The van der Waals surface area contributed by atoms with Crippen LogP contribution in [0, 0.1) is 5.82 Å². The molecule has 0 saturated carbocycles. The number of nitrogens with two attached hydrogens (primary N) is 1. The number of aliphatic carboxylic acids is 1. The van der Waals surface area contributed by atoms with Crippen LogP contribution in [0.25, 0.3) is 0 Å². The molecule has 18 heavy (non-hydrogen) atoms. The fourth-order valence-electron chi connectivity index (χ4n) is 1.51. The Kier molecular flexibility index (Phi) is 4.46. The summed E-state index contributed by atoms with van der Waals surface area (Å²) in [6.07, 6.45) is 0.869. The molecule has 0 aliphatic heterocycles. The van der Waals surface area contributed by atoms with Gasteiger partial charge in [-0.15, -0.1) is 0 Å². The van der Waals surface area contributed by atoms with Crippen molar-refractivity contribution in [3.8, 4) is 0 Å². The van der Waals surface area contributed by atoms with E-state index in [-0.39, 0.29) is 16.6 Å². The minimum absolute atomic E-state index is 0.0142. The van der Waals surface area contributed by atoms with Crippen LogP contribution < -0.4 is 5.73 Å². The first kappa shape index (κ1) is 15.1. The Bertz CT molecular complexity index is 565. The second-order valence-electron chi connectivity index (χ2n) is 3.71. The Balaban J connectivity index is 3.44. The first-order chi connectivity index (χ1) is 8.18. The molecule has 0 fully saturated rings. The van der Waals surface area contributed by atoms with Crippen LogP contribution in [-0.2, 0) is 14.6 Å². The molecule has 0 aliphatic carbocycles. The van der Waals surface area contributed by atoms with Gasteiger partial charge in [0.2, 0.25) is 0 Å². The third-order valence-corrected chi connectivity index (χ3v) is 4.37. The van der Waals surface area contributed by atoms with Crippen LogP contribution in [-0.4, -0.2) is 32.3 Å². The molecule has 3 N–H and O–H groups in total. The predicted molar refractivity (Wildman–Crippen MR) is 66.6 cm³/mol. The molecule has 0 heterocycles. The van der Waals surface area contributed by atoms with Crippen LogP contribution in [0.2, 0.25) is 0 Å². The molecular weight excluding hydrogens is 329 g/mol. The van der Waals surface area contributed by atoms with Crippen LogP contribution >= 0.6 is 15.9 Å². The van der Waals surface area contributed by atoms with Crippen LogP contribution in [0.5, 0.6) is 0 Å². The van der Waals surface area contributed by atoms with Crippen molar-refractivity contribution in [2.24, 2.45) is 5.73 Å². The van der Waals surface area contributed by atoms with Gasteiger partial charge < -0.3 is 10.8 Å². The van der Waals surface area contributed by atoms with Crippen molar-refractivity contribution in [3.63, 3.8) is 0 Å². The van der Waals surface area contributed by atoms with E-state index in [0.29, 0.717) is 0 Å². The first-order valence-electron chi connectivity index (χ1n) is 4.80. The van der Waals surface area contributed by atoms with Gasteiger partial charge in [-0.3, -0.25) is 4.79 Å². The minimum atomic E-state index is -3.73. The van der Waals surface area contributed by atoms with Gasteiger partial charge in [0.1, 0.15) is 10.7 Å². The van der Waals surface area contributed by atoms with E-state index >= 15 is 0 Å². The van der Waals surface area contributed by atoms with E-state index in [1.807, 2.05) is 0 Å². The normalized spacial score (nSPS) is 13.3. The van der Waals surface area contributed by atoms with Crippen LogP contribution in [0.3, 0.4) is 0 Å². The highest BCUT2D eigenvalue weighted by atomic mass is 79.9. The summed E-state index contributed by atoms with van der Waals surface area (Å²) >= 11 is 2.93. The average molecular weight is 340 g/mol. The van der Waals surface area contributed by atoms with Crippen molar-refractivity contribution in [2.75, 3.05) is 12.8 Å². The third-order valence-electron chi connectivity index (χ3n) is 2.33. The molecule has 0 amide bonds. The zero-order valence-corrected chi connectivity index (χ0v) is 11.8. The largest absolute Gasteiger partial charge is 0.481 e. The molecule has 0 saturated heterocycles. The summed E-state index contributed by atoms with van der Waals surface area (Å²) in [5.41, 5.74) is 5.41. The first-order valence-corrected chi connectivity index (χ1v) is 7.48.